The topological polar surface area (TPSA) is 52.7 Å². The summed E-state index contributed by atoms with van der Waals surface area (Å²) in [5.74, 6) is 0.963. The summed E-state index contributed by atoms with van der Waals surface area (Å²) in [5.41, 5.74) is 2.44. The molecule has 5 heteroatoms. The van der Waals surface area contributed by atoms with E-state index in [0.717, 1.165) is 43.1 Å². The van der Waals surface area contributed by atoms with Crippen LogP contribution in [0.25, 0.3) is 0 Å². The first-order valence-corrected chi connectivity index (χ1v) is 9.54. The molecule has 1 N–H and O–H groups in total. The van der Waals surface area contributed by atoms with Crippen molar-refractivity contribution in [3.63, 3.8) is 0 Å². The third kappa shape index (κ3) is 3.71. The van der Waals surface area contributed by atoms with Crippen LogP contribution >= 0.6 is 0 Å². The van der Waals surface area contributed by atoms with Crippen LogP contribution in [-0.2, 0) is 4.79 Å². The highest BCUT2D eigenvalue weighted by Crippen LogP contribution is 2.31. The Morgan fingerprint density at radius 2 is 2.08 bits per heavy atom. The number of anilines is 1. The lowest BCUT2D eigenvalue weighted by atomic mass is 10.1. The van der Waals surface area contributed by atoms with Gasteiger partial charge in [0, 0.05) is 38.6 Å². The molecule has 3 fully saturated rings. The molecule has 0 bridgehead atoms. The summed E-state index contributed by atoms with van der Waals surface area (Å²) in [6.45, 7) is 5.91. The van der Waals surface area contributed by atoms with E-state index in [1.807, 2.05) is 25.1 Å². The average molecular weight is 341 g/mol. The second-order valence-electron chi connectivity index (χ2n) is 7.83. The molecule has 2 aliphatic heterocycles. The van der Waals surface area contributed by atoms with Crippen molar-refractivity contribution >= 4 is 17.5 Å². The molecule has 0 radical (unpaired) electrons. The molecule has 1 atom stereocenters. The average Bonchev–Trinajstić information content (AvgIpc) is 3.13. The van der Waals surface area contributed by atoms with Crippen molar-refractivity contribution in [2.45, 2.75) is 45.1 Å². The van der Waals surface area contributed by atoms with Crippen LogP contribution in [0.4, 0.5) is 5.69 Å². The maximum Gasteiger partial charge on any atom is 0.253 e. The third-order valence-corrected chi connectivity index (χ3v) is 5.58. The first-order valence-electron chi connectivity index (χ1n) is 9.54. The van der Waals surface area contributed by atoms with Crippen LogP contribution in [0.5, 0.6) is 0 Å². The maximum atomic E-state index is 12.9. The summed E-state index contributed by atoms with van der Waals surface area (Å²) in [5, 5.41) is 3.21. The van der Waals surface area contributed by atoms with Gasteiger partial charge >= 0.3 is 0 Å². The molecule has 0 unspecified atom stereocenters. The summed E-state index contributed by atoms with van der Waals surface area (Å²) in [7, 11) is 0. The molecule has 25 heavy (non-hydrogen) atoms. The van der Waals surface area contributed by atoms with Gasteiger partial charge in [-0.05, 0) is 50.7 Å². The van der Waals surface area contributed by atoms with Gasteiger partial charge in [-0.25, -0.2) is 0 Å². The highest BCUT2D eigenvalue weighted by atomic mass is 16.2. The van der Waals surface area contributed by atoms with E-state index in [1.165, 1.54) is 19.4 Å². The SMILES string of the molecule is Cc1ccc(N2CCCC2=O)c(C(=O)N[C@H]2CCN(CC3CC3)C2)c1. The van der Waals surface area contributed by atoms with E-state index < -0.39 is 0 Å². The van der Waals surface area contributed by atoms with E-state index in [4.69, 9.17) is 0 Å². The molecule has 2 heterocycles. The van der Waals surface area contributed by atoms with E-state index in [9.17, 15) is 9.59 Å². The van der Waals surface area contributed by atoms with Gasteiger partial charge < -0.3 is 15.1 Å². The zero-order valence-electron chi connectivity index (χ0n) is 15.0. The lowest BCUT2D eigenvalue weighted by molar-refractivity contribution is -0.117. The quantitative estimate of drug-likeness (QED) is 0.894. The first kappa shape index (κ1) is 16.6. The monoisotopic (exact) mass is 341 g/mol. The predicted molar refractivity (Wildman–Crippen MR) is 97.8 cm³/mol. The zero-order valence-corrected chi connectivity index (χ0v) is 15.0. The van der Waals surface area contributed by atoms with Crippen LogP contribution in [0.1, 0.15) is 48.0 Å². The smallest absolute Gasteiger partial charge is 0.253 e. The fourth-order valence-corrected chi connectivity index (χ4v) is 4.01. The number of hydrogen-bond donors (Lipinski definition) is 1. The number of nitrogens with one attached hydrogen (secondary N) is 1. The number of carbonyl (C=O) groups excluding carboxylic acids is 2. The van der Waals surface area contributed by atoms with Crippen molar-refractivity contribution < 1.29 is 9.59 Å². The van der Waals surface area contributed by atoms with E-state index in [1.54, 1.807) is 4.90 Å². The fraction of sp³-hybridized carbons (Fsp3) is 0.600. The summed E-state index contributed by atoms with van der Waals surface area (Å²) < 4.78 is 0. The molecule has 1 aromatic rings. The molecule has 0 aromatic heterocycles. The van der Waals surface area contributed by atoms with Crippen LogP contribution in [0.2, 0.25) is 0 Å². The molecule has 4 rings (SSSR count). The Hall–Kier alpha value is -1.88. The summed E-state index contributed by atoms with van der Waals surface area (Å²) in [4.78, 5) is 29.3. The van der Waals surface area contributed by atoms with Gasteiger partial charge in [-0.3, -0.25) is 9.59 Å². The van der Waals surface area contributed by atoms with Gasteiger partial charge in [0.2, 0.25) is 5.91 Å². The number of amides is 2. The number of nitrogens with zero attached hydrogens (tertiary/aromatic N) is 2. The van der Waals surface area contributed by atoms with Gasteiger partial charge in [0.1, 0.15) is 0 Å². The van der Waals surface area contributed by atoms with Crippen molar-refractivity contribution in [2.75, 3.05) is 31.1 Å². The molecule has 3 aliphatic rings. The number of likely N-dealkylation sites (tertiary alicyclic amines) is 1. The van der Waals surface area contributed by atoms with Gasteiger partial charge in [-0.2, -0.15) is 0 Å². The lowest BCUT2D eigenvalue weighted by Gasteiger charge is -2.21. The predicted octanol–water partition coefficient (Wildman–Crippen LogP) is 2.34. The standard InChI is InChI=1S/C20H27N3O2/c1-14-4-7-18(23-9-2-3-19(23)24)17(11-14)20(25)21-16-8-10-22(13-16)12-15-5-6-15/h4,7,11,15-16H,2-3,5-6,8-10,12-13H2,1H3,(H,21,25)/t16-/m0/s1. The zero-order chi connectivity index (χ0) is 17.4. The second kappa shape index (κ2) is 6.79. The summed E-state index contributed by atoms with van der Waals surface area (Å²) in [6, 6.07) is 6.02. The van der Waals surface area contributed by atoms with Gasteiger partial charge in [0.25, 0.3) is 5.91 Å². The Balaban J connectivity index is 1.46. The molecule has 1 saturated carbocycles. The number of benzene rings is 1. The normalized spacial score (nSPS) is 24.1. The molecule has 2 saturated heterocycles. The summed E-state index contributed by atoms with van der Waals surface area (Å²) >= 11 is 0. The minimum Gasteiger partial charge on any atom is -0.348 e. The second-order valence-corrected chi connectivity index (χ2v) is 7.83. The molecule has 134 valence electrons. The first-order chi connectivity index (χ1) is 12.1. The van der Waals surface area contributed by atoms with Crippen LogP contribution in [0.3, 0.4) is 0 Å². The molecular formula is C20H27N3O2. The van der Waals surface area contributed by atoms with Crippen molar-refractivity contribution in [2.24, 2.45) is 5.92 Å². The molecule has 5 nitrogen and oxygen atoms in total. The van der Waals surface area contributed by atoms with Crippen molar-refractivity contribution in [1.82, 2.24) is 10.2 Å². The Labute approximate surface area is 149 Å². The minimum absolute atomic E-state index is 0.0447. The van der Waals surface area contributed by atoms with Gasteiger partial charge in [-0.15, -0.1) is 0 Å². The Bertz CT molecular complexity index is 684. The number of aryl methyl sites for hydroxylation is 1. The highest BCUT2D eigenvalue weighted by molar-refractivity contribution is 6.05. The van der Waals surface area contributed by atoms with Crippen LogP contribution < -0.4 is 10.2 Å². The van der Waals surface area contributed by atoms with Gasteiger partial charge in [0.05, 0.1) is 11.3 Å². The molecule has 2 amide bonds. The van der Waals surface area contributed by atoms with Crippen LogP contribution in [-0.4, -0.2) is 48.9 Å². The van der Waals surface area contributed by atoms with E-state index in [0.29, 0.717) is 18.5 Å². The van der Waals surface area contributed by atoms with Crippen molar-refractivity contribution in [3.8, 4) is 0 Å². The molecular weight excluding hydrogens is 314 g/mol. The van der Waals surface area contributed by atoms with E-state index in [2.05, 4.69) is 10.2 Å². The molecule has 1 aromatic carbocycles. The van der Waals surface area contributed by atoms with Crippen LogP contribution in [0.15, 0.2) is 18.2 Å². The highest BCUT2D eigenvalue weighted by Gasteiger charge is 2.31. The van der Waals surface area contributed by atoms with Gasteiger partial charge in [-0.1, -0.05) is 11.6 Å². The Kier molecular flexibility index (Phi) is 4.50. The number of rotatable bonds is 5. The Morgan fingerprint density at radius 3 is 2.80 bits per heavy atom. The van der Waals surface area contributed by atoms with E-state index >= 15 is 0 Å². The Morgan fingerprint density at radius 1 is 1.24 bits per heavy atom. The largest absolute Gasteiger partial charge is 0.348 e. The molecule has 1 aliphatic carbocycles. The van der Waals surface area contributed by atoms with Gasteiger partial charge in [0.15, 0.2) is 0 Å². The maximum absolute atomic E-state index is 12.9. The molecule has 0 spiro atoms. The van der Waals surface area contributed by atoms with E-state index in [-0.39, 0.29) is 17.9 Å². The number of hydrogen-bond acceptors (Lipinski definition) is 3. The lowest BCUT2D eigenvalue weighted by Crippen LogP contribution is -2.38. The van der Waals surface area contributed by atoms with Crippen molar-refractivity contribution in [1.29, 1.82) is 0 Å². The third-order valence-electron chi connectivity index (χ3n) is 5.58. The summed E-state index contributed by atoms with van der Waals surface area (Å²) in [6.07, 6.45) is 5.19. The fourth-order valence-electron chi connectivity index (χ4n) is 4.01. The number of carbonyl (C=O) groups is 2. The minimum atomic E-state index is -0.0447. The van der Waals surface area contributed by atoms with Crippen molar-refractivity contribution in [3.05, 3.63) is 29.3 Å². The van der Waals surface area contributed by atoms with Crippen LogP contribution in [0, 0.1) is 12.8 Å².